The minimum atomic E-state index is 0.0868. The van der Waals surface area contributed by atoms with Crippen LogP contribution in [0.3, 0.4) is 0 Å². The van der Waals surface area contributed by atoms with Gasteiger partial charge in [0.05, 0.1) is 0 Å². The first-order chi connectivity index (χ1) is 8.83. The lowest BCUT2D eigenvalue weighted by Crippen LogP contribution is -2.18. The predicted octanol–water partition coefficient (Wildman–Crippen LogP) is 5.16. The molecule has 0 aromatic heterocycles. The molecule has 1 nitrogen and oxygen atoms in total. The van der Waals surface area contributed by atoms with Gasteiger partial charge in [-0.15, -0.1) is 0 Å². The summed E-state index contributed by atoms with van der Waals surface area (Å²) in [5.74, 6) is 0.0868. The molecule has 0 aliphatic heterocycles. The quantitative estimate of drug-likeness (QED) is 0.503. The van der Waals surface area contributed by atoms with Gasteiger partial charge in [0, 0.05) is 0 Å². The Morgan fingerprint density at radius 3 is 2.47 bits per heavy atom. The Kier molecular flexibility index (Phi) is 5.53. The van der Waals surface area contributed by atoms with E-state index >= 15 is 0 Å². The highest BCUT2D eigenvalue weighted by molar-refractivity contribution is 5.87. The molecular formula is C18H26O. The van der Waals surface area contributed by atoms with Crippen LogP contribution in [0.1, 0.15) is 53.9 Å². The van der Waals surface area contributed by atoms with E-state index in [1.807, 2.05) is 13.0 Å². The first-order valence-corrected chi connectivity index (χ1v) is 7.07. The molecule has 0 bridgehead atoms. The summed E-state index contributed by atoms with van der Waals surface area (Å²) in [6.45, 7) is 10.5. The number of ketones is 1. The van der Waals surface area contributed by atoms with E-state index in [1.165, 1.54) is 30.4 Å². The third-order valence-electron chi connectivity index (χ3n) is 3.75. The maximum absolute atomic E-state index is 10.9. The second kappa shape index (κ2) is 6.70. The maximum atomic E-state index is 10.9. The molecule has 0 atom stereocenters. The second-order valence-electron chi connectivity index (χ2n) is 6.15. The molecule has 0 saturated carbocycles. The molecule has 0 fully saturated rings. The van der Waals surface area contributed by atoms with Crippen molar-refractivity contribution in [2.45, 2.75) is 53.9 Å². The van der Waals surface area contributed by atoms with Gasteiger partial charge in [-0.25, -0.2) is 0 Å². The fourth-order valence-corrected chi connectivity index (χ4v) is 2.61. The fourth-order valence-electron chi connectivity index (χ4n) is 2.61. The van der Waals surface area contributed by atoms with Crippen LogP contribution in [0.4, 0.5) is 0 Å². The molecule has 0 radical (unpaired) electrons. The molecule has 0 N–H and O–H groups in total. The fraction of sp³-hybridized carbons (Fsp3) is 0.500. The summed E-state index contributed by atoms with van der Waals surface area (Å²) in [6, 6.07) is 0. The number of hydrogen-bond acceptors (Lipinski definition) is 1. The molecule has 0 heterocycles. The Bertz CT molecular complexity index is 456. The van der Waals surface area contributed by atoms with Crippen LogP contribution >= 0.6 is 0 Å². The summed E-state index contributed by atoms with van der Waals surface area (Å²) in [7, 11) is 0. The Morgan fingerprint density at radius 1 is 1.21 bits per heavy atom. The first-order valence-electron chi connectivity index (χ1n) is 7.07. The van der Waals surface area contributed by atoms with Crippen LogP contribution in [0.25, 0.3) is 0 Å². The highest BCUT2D eigenvalue weighted by atomic mass is 16.1. The molecule has 0 unspecified atom stereocenters. The number of hydrogen-bond donors (Lipinski definition) is 0. The second-order valence-corrected chi connectivity index (χ2v) is 6.15. The van der Waals surface area contributed by atoms with Crippen molar-refractivity contribution < 1.29 is 4.79 Å². The average molecular weight is 258 g/mol. The molecule has 1 aliphatic carbocycles. The Hall–Kier alpha value is -1.37. The van der Waals surface area contributed by atoms with Gasteiger partial charge < -0.3 is 0 Å². The first kappa shape index (κ1) is 15.7. The highest BCUT2D eigenvalue weighted by Gasteiger charge is 2.26. The van der Waals surface area contributed by atoms with Crippen molar-refractivity contribution in [2.75, 3.05) is 0 Å². The lowest BCUT2D eigenvalue weighted by atomic mass is 9.72. The summed E-state index contributed by atoms with van der Waals surface area (Å²) in [5.41, 5.74) is 4.37. The SMILES string of the molecule is CC(=O)/C=C/C(C)=C/C=C/C1=C(C)CCCC1(C)C. The summed E-state index contributed by atoms with van der Waals surface area (Å²) < 4.78 is 0. The van der Waals surface area contributed by atoms with E-state index < -0.39 is 0 Å². The summed E-state index contributed by atoms with van der Waals surface area (Å²) in [6.07, 6.45) is 13.6. The Morgan fingerprint density at radius 2 is 1.89 bits per heavy atom. The summed E-state index contributed by atoms with van der Waals surface area (Å²) >= 11 is 0. The Labute approximate surface area is 117 Å². The standard InChI is InChI=1S/C18H26O/c1-14(11-12-16(3)19)8-6-10-17-15(2)9-7-13-18(17,4)5/h6,8,10-12H,7,9,13H2,1-5H3/b10-6+,12-11+,14-8+. The van der Waals surface area contributed by atoms with Crippen molar-refractivity contribution in [1.82, 2.24) is 0 Å². The number of carbonyl (C=O) groups is 1. The van der Waals surface area contributed by atoms with Gasteiger partial charge in [0.2, 0.25) is 0 Å². The van der Waals surface area contributed by atoms with Crippen molar-refractivity contribution in [3.8, 4) is 0 Å². The van der Waals surface area contributed by atoms with Crippen LogP contribution in [0.5, 0.6) is 0 Å². The van der Waals surface area contributed by atoms with Crippen LogP contribution in [0, 0.1) is 5.41 Å². The van der Waals surface area contributed by atoms with E-state index in [-0.39, 0.29) is 11.2 Å². The van der Waals surface area contributed by atoms with E-state index in [0.717, 1.165) is 5.57 Å². The molecule has 0 amide bonds. The maximum Gasteiger partial charge on any atom is 0.152 e. The van der Waals surface area contributed by atoms with Gasteiger partial charge in [-0.2, -0.15) is 0 Å². The van der Waals surface area contributed by atoms with Crippen LogP contribution in [0.15, 0.2) is 47.1 Å². The number of carbonyl (C=O) groups excluding carboxylic acids is 1. The van der Waals surface area contributed by atoms with Crippen molar-refractivity contribution in [2.24, 2.45) is 5.41 Å². The van der Waals surface area contributed by atoms with Crippen molar-refractivity contribution >= 4 is 5.78 Å². The topological polar surface area (TPSA) is 17.1 Å². The molecule has 1 aliphatic rings. The normalized spacial score (nSPS) is 20.6. The molecule has 0 saturated heterocycles. The third-order valence-corrected chi connectivity index (χ3v) is 3.75. The molecular weight excluding hydrogens is 232 g/mol. The van der Waals surface area contributed by atoms with Gasteiger partial charge in [-0.3, -0.25) is 4.79 Å². The van der Waals surface area contributed by atoms with Gasteiger partial charge in [-0.1, -0.05) is 49.3 Å². The van der Waals surface area contributed by atoms with Gasteiger partial charge >= 0.3 is 0 Å². The van der Waals surface area contributed by atoms with E-state index in [0.29, 0.717) is 0 Å². The van der Waals surface area contributed by atoms with E-state index in [1.54, 1.807) is 13.0 Å². The van der Waals surface area contributed by atoms with Crippen molar-refractivity contribution in [3.05, 3.63) is 47.1 Å². The minimum Gasteiger partial charge on any atom is -0.295 e. The predicted molar refractivity (Wildman–Crippen MR) is 83.1 cm³/mol. The van der Waals surface area contributed by atoms with Crippen LogP contribution in [-0.2, 0) is 4.79 Å². The molecule has 19 heavy (non-hydrogen) atoms. The van der Waals surface area contributed by atoms with Crippen molar-refractivity contribution in [1.29, 1.82) is 0 Å². The minimum absolute atomic E-state index is 0.0868. The largest absolute Gasteiger partial charge is 0.295 e. The lowest BCUT2D eigenvalue weighted by Gasteiger charge is -2.32. The van der Waals surface area contributed by atoms with E-state index in [4.69, 9.17) is 0 Å². The Balaban J connectivity index is 2.81. The number of rotatable bonds is 4. The van der Waals surface area contributed by atoms with Crippen LogP contribution in [-0.4, -0.2) is 5.78 Å². The molecule has 0 spiro atoms. The zero-order chi connectivity index (χ0) is 14.5. The van der Waals surface area contributed by atoms with Gasteiger partial charge in [0.1, 0.15) is 0 Å². The van der Waals surface area contributed by atoms with Crippen LogP contribution < -0.4 is 0 Å². The highest BCUT2D eigenvalue weighted by Crippen LogP contribution is 2.40. The number of allylic oxidation sites excluding steroid dienone is 8. The summed E-state index contributed by atoms with van der Waals surface area (Å²) in [4.78, 5) is 10.9. The molecule has 1 rings (SSSR count). The van der Waals surface area contributed by atoms with Gasteiger partial charge in [-0.05, 0) is 57.1 Å². The molecule has 1 heteroatoms. The monoisotopic (exact) mass is 258 g/mol. The third kappa shape index (κ3) is 5.02. The molecule has 0 aromatic carbocycles. The molecule has 0 aromatic rings. The van der Waals surface area contributed by atoms with Crippen molar-refractivity contribution in [3.63, 3.8) is 0 Å². The summed E-state index contributed by atoms with van der Waals surface area (Å²) in [5, 5.41) is 0. The van der Waals surface area contributed by atoms with E-state index in [9.17, 15) is 4.79 Å². The van der Waals surface area contributed by atoms with Gasteiger partial charge in [0.25, 0.3) is 0 Å². The van der Waals surface area contributed by atoms with Gasteiger partial charge in [0.15, 0.2) is 5.78 Å². The lowest BCUT2D eigenvalue weighted by molar-refractivity contribution is -0.112. The molecule has 104 valence electrons. The smallest absolute Gasteiger partial charge is 0.152 e. The van der Waals surface area contributed by atoms with E-state index in [2.05, 4.69) is 39.0 Å². The van der Waals surface area contributed by atoms with Crippen LogP contribution in [0.2, 0.25) is 0 Å². The zero-order valence-electron chi connectivity index (χ0n) is 12.9. The average Bonchev–Trinajstić information content (AvgIpc) is 2.30. The zero-order valence-corrected chi connectivity index (χ0v) is 12.9.